The van der Waals surface area contributed by atoms with Gasteiger partial charge in [-0.15, -0.1) is 0 Å². The largest absolute Gasteiger partial charge is 0.489 e. The first kappa shape index (κ1) is 33.8. The molecule has 0 spiro atoms. The zero-order valence-electron chi connectivity index (χ0n) is 28.9. The summed E-state index contributed by atoms with van der Waals surface area (Å²) in [6, 6.07) is 24.7. The molecule has 4 atom stereocenters. The van der Waals surface area contributed by atoms with E-state index in [1.165, 1.54) is 17.7 Å². The third kappa shape index (κ3) is 6.88. The Morgan fingerprint density at radius 2 is 1.33 bits per heavy atom. The van der Waals surface area contributed by atoms with Crippen molar-refractivity contribution in [2.45, 2.75) is 57.3 Å². The molecule has 11 heteroatoms. The second-order valence-electron chi connectivity index (χ2n) is 13.5. The van der Waals surface area contributed by atoms with E-state index in [0.29, 0.717) is 37.0 Å². The van der Waals surface area contributed by atoms with E-state index in [0.717, 1.165) is 46.1 Å². The maximum absolute atomic E-state index is 13.6. The number of hydrogen-bond acceptors (Lipinski definition) is 8. The number of imidazole rings is 1. The molecule has 0 unspecified atom stereocenters. The third-order valence-corrected chi connectivity index (χ3v) is 10.0. The lowest BCUT2D eigenvalue weighted by Gasteiger charge is -2.19. The zero-order valence-corrected chi connectivity index (χ0v) is 28.9. The fourth-order valence-electron chi connectivity index (χ4n) is 6.96. The van der Waals surface area contributed by atoms with Gasteiger partial charge in [0, 0.05) is 16.7 Å². The van der Waals surface area contributed by atoms with Crippen molar-refractivity contribution in [1.29, 1.82) is 0 Å². The molecule has 0 bridgehead atoms. The smallest absolute Gasteiger partial charge is 0.307 e. The molecule has 2 aliphatic rings. The number of H-pyrrole nitrogens is 1. The van der Waals surface area contributed by atoms with Gasteiger partial charge in [-0.3, -0.25) is 4.79 Å². The van der Waals surface area contributed by atoms with Crippen molar-refractivity contribution in [3.63, 3.8) is 0 Å². The van der Waals surface area contributed by atoms with Crippen molar-refractivity contribution in [2.24, 2.45) is 5.92 Å². The monoisotopic (exact) mass is 686 g/mol. The number of benzene rings is 3. The number of nitrogens with zero attached hydrogens (tertiary/aromatic N) is 5. The summed E-state index contributed by atoms with van der Waals surface area (Å²) in [6.45, 7) is 8.30. The average molecular weight is 687 g/mol. The van der Waals surface area contributed by atoms with Crippen LogP contribution in [-0.2, 0) is 15.6 Å². The summed E-state index contributed by atoms with van der Waals surface area (Å²) in [5, 5.41) is 9.36. The predicted molar refractivity (Wildman–Crippen MR) is 189 cm³/mol. The highest BCUT2D eigenvalue weighted by Gasteiger charge is 2.60. The van der Waals surface area contributed by atoms with Crippen LogP contribution in [0.1, 0.15) is 58.7 Å². The molecule has 2 N–H and O–H groups in total. The zero-order chi connectivity index (χ0) is 35.8. The number of aliphatic carboxylic acids is 1. The maximum atomic E-state index is 13.6. The second-order valence-corrected chi connectivity index (χ2v) is 13.5. The number of carbonyl (C=O) groups is 1. The van der Waals surface area contributed by atoms with Crippen LogP contribution in [-0.4, -0.2) is 54.2 Å². The van der Waals surface area contributed by atoms with E-state index < -0.39 is 17.3 Å². The van der Waals surface area contributed by atoms with Crippen molar-refractivity contribution >= 4 is 17.0 Å². The van der Waals surface area contributed by atoms with Crippen LogP contribution in [0.3, 0.4) is 0 Å². The van der Waals surface area contributed by atoms with Gasteiger partial charge in [0.05, 0.1) is 53.9 Å². The molecule has 2 aliphatic carbocycles. The molecular weight excluding hydrogens is 647 g/mol. The molecule has 6 aromatic rings. The highest BCUT2D eigenvalue weighted by molar-refractivity contribution is 5.77. The highest BCUT2D eigenvalue weighted by atomic mass is 19.1. The molecule has 0 aliphatic heterocycles. The number of ether oxygens (including phenoxy) is 2. The van der Waals surface area contributed by atoms with E-state index >= 15 is 0 Å². The van der Waals surface area contributed by atoms with Gasteiger partial charge in [0.15, 0.2) is 11.5 Å². The lowest BCUT2D eigenvalue weighted by molar-refractivity contribution is -0.139. The Balaban J connectivity index is 0.000000166. The van der Waals surface area contributed by atoms with Gasteiger partial charge >= 0.3 is 5.97 Å². The van der Waals surface area contributed by atoms with E-state index in [-0.39, 0.29) is 17.2 Å². The van der Waals surface area contributed by atoms with Crippen molar-refractivity contribution in [1.82, 2.24) is 29.9 Å². The van der Waals surface area contributed by atoms with E-state index in [2.05, 4.69) is 37.1 Å². The van der Waals surface area contributed by atoms with E-state index in [4.69, 9.17) is 14.5 Å². The van der Waals surface area contributed by atoms with Gasteiger partial charge in [-0.25, -0.2) is 29.3 Å². The fraction of sp³-hybridized carbons (Fsp3) is 0.300. The van der Waals surface area contributed by atoms with Gasteiger partial charge in [0.25, 0.3) is 0 Å². The molecule has 0 amide bonds. The molecule has 10 nitrogen and oxygen atoms in total. The first-order chi connectivity index (χ1) is 24.6. The number of halogens is 1. The van der Waals surface area contributed by atoms with Gasteiger partial charge < -0.3 is 19.6 Å². The van der Waals surface area contributed by atoms with Crippen LogP contribution >= 0.6 is 0 Å². The number of rotatable bonds is 10. The maximum Gasteiger partial charge on any atom is 0.307 e. The standard InChI is InChI=1S/C23H21FN4O.C17H18N2O3/c1-14-21(12-25-15(2)26-14)29-13-23(16-6-4-3-5-7-16)11-18(23)22-27-19-9-8-17(24)10-20(19)28-22;1-11-15(9-18-12(2)19-11)22-10-17(8-14(17)16(20)21)13-6-4-3-5-7-13/h3-10,12,18H,11,13H2,1-2H3,(H,27,28);3-7,9,14H,8,10H2,1-2H3,(H,20,21)/t18-,23+;14-,17+/m00/s1. The van der Waals surface area contributed by atoms with Gasteiger partial charge in [-0.05, 0) is 69.9 Å². The molecular formula is C40H39FN6O4. The van der Waals surface area contributed by atoms with Crippen LogP contribution in [0.25, 0.3) is 11.0 Å². The minimum absolute atomic E-state index is 0.173. The van der Waals surface area contributed by atoms with E-state index in [1.807, 2.05) is 76.2 Å². The van der Waals surface area contributed by atoms with E-state index in [9.17, 15) is 14.3 Å². The van der Waals surface area contributed by atoms with Crippen molar-refractivity contribution < 1.29 is 23.8 Å². The lowest BCUT2D eigenvalue weighted by atomic mass is 9.94. The summed E-state index contributed by atoms with van der Waals surface area (Å²) in [4.78, 5) is 36.5. The van der Waals surface area contributed by atoms with E-state index in [1.54, 1.807) is 18.5 Å². The summed E-state index contributed by atoms with van der Waals surface area (Å²) in [7, 11) is 0. The number of carboxylic acids is 1. The quantitative estimate of drug-likeness (QED) is 0.154. The Labute approximate surface area is 295 Å². The van der Waals surface area contributed by atoms with Crippen molar-refractivity contribution in [3.05, 3.63) is 137 Å². The summed E-state index contributed by atoms with van der Waals surface area (Å²) >= 11 is 0. The van der Waals surface area contributed by atoms with Gasteiger partial charge in [-0.2, -0.15) is 0 Å². The van der Waals surface area contributed by atoms with Crippen molar-refractivity contribution in [2.75, 3.05) is 13.2 Å². The summed E-state index contributed by atoms with van der Waals surface area (Å²) < 4.78 is 25.6. The Bertz CT molecular complexity index is 2200. The predicted octanol–water partition coefficient (Wildman–Crippen LogP) is 7.13. The minimum Gasteiger partial charge on any atom is -0.489 e. The molecule has 8 rings (SSSR count). The van der Waals surface area contributed by atoms with Crippen LogP contribution in [0.4, 0.5) is 4.39 Å². The second kappa shape index (κ2) is 13.5. The third-order valence-electron chi connectivity index (χ3n) is 10.0. The van der Waals surface area contributed by atoms with Crippen molar-refractivity contribution in [3.8, 4) is 11.5 Å². The van der Waals surface area contributed by atoms with Gasteiger partial charge in [0.1, 0.15) is 23.3 Å². The first-order valence-corrected chi connectivity index (χ1v) is 16.9. The molecule has 2 saturated carbocycles. The number of nitrogens with one attached hydrogen (secondary N) is 1. The Morgan fingerprint density at radius 3 is 1.86 bits per heavy atom. The Kier molecular flexibility index (Phi) is 8.97. The number of hydrogen-bond donors (Lipinski definition) is 2. The Hall–Kier alpha value is -5.71. The molecule has 2 fully saturated rings. The number of aryl methyl sites for hydroxylation is 4. The molecule has 3 aromatic heterocycles. The van der Waals surface area contributed by atoms with Crippen LogP contribution in [0, 0.1) is 39.4 Å². The number of carboxylic acid groups (broad SMARTS) is 1. The minimum atomic E-state index is -0.774. The molecule has 0 radical (unpaired) electrons. The van der Waals surface area contributed by atoms with Gasteiger partial charge in [-0.1, -0.05) is 60.7 Å². The Morgan fingerprint density at radius 1 is 0.784 bits per heavy atom. The topological polar surface area (TPSA) is 136 Å². The van der Waals surface area contributed by atoms with Crippen LogP contribution in [0.5, 0.6) is 11.5 Å². The van der Waals surface area contributed by atoms with Crippen LogP contribution < -0.4 is 9.47 Å². The molecule has 51 heavy (non-hydrogen) atoms. The molecule has 3 heterocycles. The highest BCUT2D eigenvalue weighted by Crippen LogP contribution is 2.60. The van der Waals surface area contributed by atoms with Crippen LogP contribution in [0.2, 0.25) is 0 Å². The number of aromatic nitrogens is 6. The SMILES string of the molecule is Cc1ncc(OC[C@@]2(c3ccccc3)C[C@H]2C(=O)O)c(C)n1.Cc1ncc(OC[C@@]2(c3ccccc3)C[C@H]2c2nc3ccc(F)cc3[nH]2)c(C)n1. The normalized spacial score (nSPS) is 21.7. The first-order valence-electron chi connectivity index (χ1n) is 16.9. The molecule has 3 aromatic carbocycles. The average Bonchev–Trinajstić information content (AvgIpc) is 4.01. The summed E-state index contributed by atoms with van der Waals surface area (Å²) in [6.07, 6.45) is 4.88. The van der Waals surface area contributed by atoms with Gasteiger partial charge in [0.2, 0.25) is 0 Å². The fourth-order valence-corrected chi connectivity index (χ4v) is 6.96. The number of aromatic amines is 1. The summed E-state index contributed by atoms with van der Waals surface area (Å²) in [5.41, 5.74) is 4.67. The molecule has 0 saturated heterocycles. The van der Waals surface area contributed by atoms with Crippen LogP contribution in [0.15, 0.2) is 91.3 Å². The summed E-state index contributed by atoms with van der Waals surface area (Å²) in [5.74, 6) is 2.33. The number of fused-ring (bicyclic) bond motifs is 1. The lowest BCUT2D eigenvalue weighted by Crippen LogP contribution is -2.23. The molecule has 260 valence electrons.